The lowest BCUT2D eigenvalue weighted by atomic mass is 10.1. The predicted molar refractivity (Wildman–Crippen MR) is 133 cm³/mol. The molecule has 1 unspecified atom stereocenters. The Morgan fingerprint density at radius 1 is 1.15 bits per heavy atom. The molecule has 7 nitrogen and oxygen atoms in total. The average Bonchev–Trinajstić information content (AvgIpc) is 3.45. The first-order valence-corrected chi connectivity index (χ1v) is 12.0. The van der Waals surface area contributed by atoms with Crippen molar-refractivity contribution in [3.8, 4) is 0 Å². The van der Waals surface area contributed by atoms with Crippen molar-refractivity contribution >= 4 is 55.9 Å². The largest absolute Gasteiger partial charge is 0.467 e. The summed E-state index contributed by atoms with van der Waals surface area (Å²) in [5.41, 5.74) is 2.84. The first kappa shape index (κ1) is 22.7. The Bertz CT molecular complexity index is 1350. The van der Waals surface area contributed by atoms with E-state index in [4.69, 9.17) is 20.8 Å². The summed E-state index contributed by atoms with van der Waals surface area (Å²) in [5, 5.41) is 4.63. The molecule has 1 saturated heterocycles. The Hall–Kier alpha value is -3.07. The van der Waals surface area contributed by atoms with Crippen LogP contribution in [0.1, 0.15) is 34.3 Å². The molecule has 2 amide bonds. The maximum Gasteiger partial charge on any atom is 0.252 e. The molecule has 5 rings (SSSR count). The van der Waals surface area contributed by atoms with Crippen LogP contribution in [0.2, 0.25) is 5.02 Å². The first-order chi connectivity index (χ1) is 16.5. The van der Waals surface area contributed by atoms with Gasteiger partial charge in [-0.1, -0.05) is 11.6 Å². The number of carbonyl (C=O) groups excluding carboxylic acids is 2. The number of H-pyrrole nitrogens is 1. The van der Waals surface area contributed by atoms with Crippen molar-refractivity contribution in [2.24, 2.45) is 0 Å². The Morgan fingerprint density at radius 2 is 2.03 bits per heavy atom. The number of furan rings is 1. The molecule has 174 valence electrons. The van der Waals surface area contributed by atoms with Crippen LogP contribution in [0.5, 0.6) is 0 Å². The molecule has 0 spiro atoms. The highest BCUT2D eigenvalue weighted by Crippen LogP contribution is 2.30. The fraction of sp³-hybridized carbons (Fsp3) is 0.200. The van der Waals surface area contributed by atoms with E-state index in [9.17, 15) is 9.59 Å². The van der Waals surface area contributed by atoms with Gasteiger partial charge in [0.2, 0.25) is 5.91 Å². The van der Waals surface area contributed by atoms with E-state index in [-0.39, 0.29) is 11.8 Å². The van der Waals surface area contributed by atoms with E-state index in [1.807, 2.05) is 30.3 Å². The number of hydrogen-bond donors (Lipinski definition) is 2. The van der Waals surface area contributed by atoms with E-state index in [0.717, 1.165) is 16.6 Å². The molecule has 2 N–H and O–H groups in total. The van der Waals surface area contributed by atoms with Crippen LogP contribution in [0.15, 0.2) is 69.8 Å². The summed E-state index contributed by atoms with van der Waals surface area (Å²) in [6.07, 6.45) is 1.90. The van der Waals surface area contributed by atoms with Crippen molar-refractivity contribution in [3.63, 3.8) is 0 Å². The maximum absolute atomic E-state index is 13.2. The number of nitrogens with zero attached hydrogens (tertiary/aromatic N) is 1. The van der Waals surface area contributed by atoms with Gasteiger partial charge in [0.05, 0.1) is 31.6 Å². The Kier molecular flexibility index (Phi) is 6.45. The van der Waals surface area contributed by atoms with E-state index < -0.39 is 6.04 Å². The molecular formula is C25H21BrClN3O4. The molecule has 1 atom stereocenters. The van der Waals surface area contributed by atoms with E-state index in [2.05, 4.69) is 26.2 Å². The molecule has 0 bridgehead atoms. The van der Waals surface area contributed by atoms with Crippen molar-refractivity contribution in [2.75, 3.05) is 24.7 Å². The van der Waals surface area contributed by atoms with Crippen LogP contribution >= 0.6 is 27.5 Å². The molecule has 4 aromatic rings. The smallest absolute Gasteiger partial charge is 0.252 e. The second-order valence-electron chi connectivity index (χ2n) is 7.95. The topological polar surface area (TPSA) is 87.6 Å². The van der Waals surface area contributed by atoms with E-state index in [1.165, 1.54) is 0 Å². The van der Waals surface area contributed by atoms with Gasteiger partial charge in [-0.25, -0.2) is 0 Å². The Balaban J connectivity index is 1.42. The molecule has 3 heterocycles. The minimum atomic E-state index is -0.531. The molecule has 0 radical (unpaired) electrons. The summed E-state index contributed by atoms with van der Waals surface area (Å²) >= 11 is 9.67. The number of carbonyl (C=O) groups is 2. The van der Waals surface area contributed by atoms with Gasteiger partial charge in [-0.2, -0.15) is 0 Å². The van der Waals surface area contributed by atoms with Gasteiger partial charge in [0, 0.05) is 38.2 Å². The molecule has 1 aliphatic heterocycles. The quantitative estimate of drug-likeness (QED) is 0.351. The summed E-state index contributed by atoms with van der Waals surface area (Å²) in [6, 6.07) is 15.8. The standard InChI is InChI=1S/C25H21BrClN3O4/c26-18-13-15(3-6-21(18)30-8-11-33-10-7-23(30)31)25(32)29-24(22-2-1-9-34-22)20-14-16-12-17(27)4-5-19(16)28-20/h1-6,9,12-14,24,28H,7-8,10-11H2,(H,29,32). The van der Waals surface area contributed by atoms with Gasteiger partial charge in [-0.3, -0.25) is 9.59 Å². The minimum Gasteiger partial charge on any atom is -0.467 e. The lowest BCUT2D eigenvalue weighted by Gasteiger charge is -2.22. The zero-order chi connectivity index (χ0) is 23.7. The third-order valence-corrected chi connectivity index (χ3v) is 6.61. The number of fused-ring (bicyclic) bond motifs is 1. The third kappa shape index (κ3) is 4.61. The van der Waals surface area contributed by atoms with Crippen molar-refractivity contribution in [2.45, 2.75) is 12.5 Å². The highest BCUT2D eigenvalue weighted by molar-refractivity contribution is 9.10. The molecule has 2 aromatic carbocycles. The predicted octanol–water partition coefficient (Wildman–Crippen LogP) is 5.45. The summed E-state index contributed by atoms with van der Waals surface area (Å²) in [4.78, 5) is 30.7. The van der Waals surface area contributed by atoms with E-state index >= 15 is 0 Å². The number of rotatable bonds is 5. The fourth-order valence-electron chi connectivity index (χ4n) is 4.05. The average molecular weight is 543 g/mol. The number of benzene rings is 2. The molecule has 1 fully saturated rings. The number of anilines is 1. The highest BCUT2D eigenvalue weighted by atomic mass is 79.9. The first-order valence-electron chi connectivity index (χ1n) is 10.8. The van der Waals surface area contributed by atoms with Gasteiger partial charge in [-0.15, -0.1) is 0 Å². The Morgan fingerprint density at radius 3 is 2.82 bits per heavy atom. The minimum absolute atomic E-state index is 0.00722. The molecule has 2 aromatic heterocycles. The van der Waals surface area contributed by atoms with Gasteiger partial charge in [0.25, 0.3) is 5.91 Å². The lowest BCUT2D eigenvalue weighted by molar-refractivity contribution is -0.118. The van der Waals surface area contributed by atoms with Gasteiger partial charge in [0.1, 0.15) is 11.8 Å². The zero-order valence-corrected chi connectivity index (χ0v) is 20.4. The molecule has 34 heavy (non-hydrogen) atoms. The van der Waals surface area contributed by atoms with Crippen molar-refractivity contribution in [3.05, 3.63) is 87.4 Å². The van der Waals surface area contributed by atoms with Crippen LogP contribution in [0, 0.1) is 0 Å². The fourth-order valence-corrected chi connectivity index (χ4v) is 4.83. The molecule has 0 saturated carbocycles. The number of ether oxygens (including phenoxy) is 1. The van der Waals surface area contributed by atoms with Crippen LogP contribution in [-0.4, -0.2) is 36.6 Å². The zero-order valence-electron chi connectivity index (χ0n) is 18.0. The van der Waals surface area contributed by atoms with Crippen molar-refractivity contribution < 1.29 is 18.7 Å². The van der Waals surface area contributed by atoms with Crippen molar-refractivity contribution in [1.82, 2.24) is 10.3 Å². The van der Waals surface area contributed by atoms with Crippen molar-refractivity contribution in [1.29, 1.82) is 0 Å². The van der Waals surface area contributed by atoms with E-state index in [0.29, 0.717) is 52.7 Å². The van der Waals surface area contributed by atoms with Crippen LogP contribution in [0.4, 0.5) is 5.69 Å². The van der Waals surface area contributed by atoms with Gasteiger partial charge in [0.15, 0.2) is 0 Å². The number of hydrogen-bond acceptors (Lipinski definition) is 4. The molecular weight excluding hydrogens is 522 g/mol. The normalized spacial score (nSPS) is 15.4. The van der Waals surface area contributed by atoms with Gasteiger partial charge in [-0.05, 0) is 70.5 Å². The SMILES string of the molecule is O=C(NC(c1cc2cc(Cl)ccc2[nH]1)c1ccco1)c1ccc(N2CCOCCC2=O)c(Br)c1. The number of nitrogens with one attached hydrogen (secondary N) is 2. The summed E-state index contributed by atoms with van der Waals surface area (Å²) < 4.78 is 11.7. The van der Waals surface area contributed by atoms with Crippen LogP contribution in [0.3, 0.4) is 0 Å². The Labute approximate surface area is 209 Å². The number of aromatic nitrogens is 1. The molecule has 1 aliphatic rings. The van der Waals surface area contributed by atoms with E-state index in [1.54, 1.807) is 35.4 Å². The highest BCUT2D eigenvalue weighted by Gasteiger charge is 2.24. The third-order valence-electron chi connectivity index (χ3n) is 5.74. The van der Waals surface area contributed by atoms with Gasteiger partial charge >= 0.3 is 0 Å². The summed E-state index contributed by atoms with van der Waals surface area (Å²) in [6.45, 7) is 1.36. The summed E-state index contributed by atoms with van der Waals surface area (Å²) in [5.74, 6) is 0.305. The molecule has 0 aliphatic carbocycles. The maximum atomic E-state index is 13.2. The number of amides is 2. The molecule has 9 heteroatoms. The lowest BCUT2D eigenvalue weighted by Crippen LogP contribution is -2.32. The second-order valence-corrected chi connectivity index (χ2v) is 9.24. The van der Waals surface area contributed by atoms with Crippen LogP contribution < -0.4 is 10.2 Å². The number of aromatic amines is 1. The van der Waals surface area contributed by atoms with Crippen LogP contribution in [0.25, 0.3) is 10.9 Å². The van der Waals surface area contributed by atoms with Crippen LogP contribution in [-0.2, 0) is 9.53 Å². The van der Waals surface area contributed by atoms with Gasteiger partial charge < -0.3 is 24.4 Å². The second kappa shape index (κ2) is 9.66. The number of halogens is 2. The monoisotopic (exact) mass is 541 g/mol. The summed E-state index contributed by atoms with van der Waals surface area (Å²) in [7, 11) is 0.